The SMILES string of the molecule is Cc1ccc([C@@H]2c3ccc(O)cc3Oc3ncn4nc(-c5ccncc5)nc4c32)cc1. The monoisotopic (exact) mass is 407 g/mol. The second kappa shape index (κ2) is 6.63. The normalized spacial score (nSPS) is 14.7. The van der Waals surface area contributed by atoms with Gasteiger partial charge in [0.2, 0.25) is 5.88 Å². The van der Waals surface area contributed by atoms with Gasteiger partial charge in [-0.15, -0.1) is 5.10 Å². The number of phenolic OH excluding ortho intramolecular Hbond substituents is 1. The fraction of sp³-hybridized carbons (Fsp3) is 0.0833. The molecule has 150 valence electrons. The van der Waals surface area contributed by atoms with Crippen LogP contribution in [0.25, 0.3) is 17.0 Å². The van der Waals surface area contributed by atoms with Crippen molar-refractivity contribution in [2.45, 2.75) is 12.8 Å². The van der Waals surface area contributed by atoms with Crippen LogP contribution in [0.15, 0.2) is 73.3 Å². The summed E-state index contributed by atoms with van der Waals surface area (Å²) in [6.07, 6.45) is 5.04. The summed E-state index contributed by atoms with van der Waals surface area (Å²) in [5.74, 6) is 1.63. The molecule has 1 atom stereocenters. The highest BCUT2D eigenvalue weighted by Crippen LogP contribution is 2.48. The van der Waals surface area contributed by atoms with Gasteiger partial charge in [0.25, 0.3) is 0 Å². The van der Waals surface area contributed by atoms with Crippen molar-refractivity contribution in [2.75, 3.05) is 0 Å². The lowest BCUT2D eigenvalue weighted by molar-refractivity contribution is 0.422. The summed E-state index contributed by atoms with van der Waals surface area (Å²) in [6.45, 7) is 2.06. The molecule has 2 aromatic carbocycles. The van der Waals surface area contributed by atoms with E-state index < -0.39 is 0 Å². The van der Waals surface area contributed by atoms with Crippen LogP contribution >= 0.6 is 0 Å². The van der Waals surface area contributed by atoms with E-state index in [2.05, 4.69) is 46.3 Å². The van der Waals surface area contributed by atoms with E-state index in [1.54, 1.807) is 35.4 Å². The fourth-order valence-corrected chi connectivity index (χ4v) is 4.03. The van der Waals surface area contributed by atoms with Crippen molar-refractivity contribution >= 4 is 5.65 Å². The first kappa shape index (κ1) is 17.6. The Balaban J connectivity index is 1.62. The maximum absolute atomic E-state index is 10.00. The van der Waals surface area contributed by atoms with Crippen LogP contribution in [-0.2, 0) is 0 Å². The van der Waals surface area contributed by atoms with Crippen LogP contribution in [0.2, 0.25) is 0 Å². The van der Waals surface area contributed by atoms with Gasteiger partial charge in [-0.3, -0.25) is 4.98 Å². The minimum Gasteiger partial charge on any atom is -0.508 e. The molecule has 7 nitrogen and oxygen atoms in total. The summed E-state index contributed by atoms with van der Waals surface area (Å²) in [5.41, 5.74) is 5.61. The predicted molar refractivity (Wildman–Crippen MR) is 114 cm³/mol. The summed E-state index contributed by atoms with van der Waals surface area (Å²) in [5, 5.41) is 14.6. The highest BCUT2D eigenvalue weighted by molar-refractivity contribution is 5.68. The van der Waals surface area contributed by atoms with E-state index in [4.69, 9.17) is 9.72 Å². The number of aromatic hydroxyl groups is 1. The summed E-state index contributed by atoms with van der Waals surface area (Å²) in [4.78, 5) is 13.4. The molecule has 5 aromatic rings. The van der Waals surface area contributed by atoms with Crippen molar-refractivity contribution in [1.82, 2.24) is 24.6 Å². The third-order valence-corrected chi connectivity index (χ3v) is 5.54. The number of aryl methyl sites for hydroxylation is 1. The van der Waals surface area contributed by atoms with Gasteiger partial charge in [-0.1, -0.05) is 35.9 Å². The van der Waals surface area contributed by atoms with Gasteiger partial charge >= 0.3 is 0 Å². The summed E-state index contributed by atoms with van der Waals surface area (Å²) >= 11 is 0. The summed E-state index contributed by atoms with van der Waals surface area (Å²) < 4.78 is 7.78. The number of nitrogens with zero attached hydrogens (tertiary/aromatic N) is 5. The van der Waals surface area contributed by atoms with Crippen molar-refractivity contribution in [1.29, 1.82) is 0 Å². The van der Waals surface area contributed by atoms with Crippen molar-refractivity contribution in [3.63, 3.8) is 0 Å². The molecule has 1 N–H and O–H groups in total. The molecule has 1 aliphatic rings. The predicted octanol–water partition coefficient (Wildman–Crippen LogP) is 4.49. The Morgan fingerprint density at radius 1 is 1.00 bits per heavy atom. The molecule has 0 fully saturated rings. The molecule has 0 amide bonds. The highest BCUT2D eigenvalue weighted by atomic mass is 16.5. The van der Waals surface area contributed by atoms with Gasteiger partial charge in [0.05, 0.1) is 5.56 Å². The molecule has 0 bridgehead atoms. The summed E-state index contributed by atoms with van der Waals surface area (Å²) in [7, 11) is 0. The lowest BCUT2D eigenvalue weighted by Crippen LogP contribution is -2.15. The topological polar surface area (TPSA) is 85.4 Å². The Bertz CT molecular complexity index is 1430. The van der Waals surface area contributed by atoms with Crippen molar-refractivity contribution in [2.24, 2.45) is 0 Å². The Hall–Kier alpha value is -4.26. The van der Waals surface area contributed by atoms with Gasteiger partial charge in [0.1, 0.15) is 17.8 Å². The zero-order chi connectivity index (χ0) is 20.9. The number of pyridine rings is 1. The van der Waals surface area contributed by atoms with Gasteiger partial charge in [-0.05, 0) is 30.7 Å². The molecule has 0 unspecified atom stereocenters. The van der Waals surface area contributed by atoms with Crippen LogP contribution < -0.4 is 4.74 Å². The van der Waals surface area contributed by atoms with Crippen LogP contribution in [0, 0.1) is 6.92 Å². The molecule has 7 heteroatoms. The first-order valence-electron chi connectivity index (χ1n) is 9.90. The lowest BCUT2D eigenvalue weighted by Gasteiger charge is -2.27. The van der Waals surface area contributed by atoms with Gasteiger partial charge in [-0.25, -0.2) is 14.5 Å². The quantitative estimate of drug-likeness (QED) is 0.455. The van der Waals surface area contributed by atoms with Gasteiger partial charge in [-0.2, -0.15) is 0 Å². The second-order valence-electron chi connectivity index (χ2n) is 7.57. The molecule has 0 spiro atoms. The van der Waals surface area contributed by atoms with Crippen LogP contribution in [-0.4, -0.2) is 29.7 Å². The minimum absolute atomic E-state index is 0.147. The molecule has 6 rings (SSSR count). The number of benzene rings is 2. The fourth-order valence-electron chi connectivity index (χ4n) is 4.03. The Labute approximate surface area is 177 Å². The number of ether oxygens (including phenoxy) is 1. The molecule has 0 saturated carbocycles. The van der Waals surface area contributed by atoms with Crippen molar-refractivity contribution < 1.29 is 9.84 Å². The van der Waals surface area contributed by atoms with Crippen LogP contribution in [0.5, 0.6) is 17.4 Å². The van der Waals surface area contributed by atoms with E-state index in [9.17, 15) is 5.11 Å². The molecule has 4 heterocycles. The number of aromatic nitrogens is 5. The van der Waals surface area contributed by atoms with Crippen LogP contribution in [0.1, 0.15) is 28.2 Å². The van der Waals surface area contributed by atoms with Gasteiger partial charge in [0.15, 0.2) is 11.5 Å². The molecule has 3 aromatic heterocycles. The molecular weight excluding hydrogens is 390 g/mol. The van der Waals surface area contributed by atoms with E-state index in [-0.39, 0.29) is 11.7 Å². The summed E-state index contributed by atoms with van der Waals surface area (Å²) in [6, 6.07) is 17.3. The van der Waals surface area contributed by atoms with Crippen molar-refractivity contribution in [3.05, 3.63) is 95.6 Å². The maximum Gasteiger partial charge on any atom is 0.228 e. The first-order chi connectivity index (χ1) is 15.2. The average Bonchev–Trinajstić information content (AvgIpc) is 3.23. The molecule has 1 aliphatic heterocycles. The zero-order valence-corrected chi connectivity index (χ0v) is 16.6. The van der Waals surface area contributed by atoms with E-state index in [0.29, 0.717) is 23.1 Å². The maximum atomic E-state index is 10.00. The minimum atomic E-state index is -0.161. The Morgan fingerprint density at radius 2 is 1.81 bits per heavy atom. The number of rotatable bonds is 2. The smallest absolute Gasteiger partial charge is 0.228 e. The standard InChI is InChI=1S/C24H17N5O2/c1-14-2-4-15(5-3-14)20-18-7-6-17(30)12-19(18)31-24-21(20)23-27-22(28-29(23)13-26-24)16-8-10-25-11-9-16/h2-13,20,30H,1H3/t20-/m1/s1. The Kier molecular flexibility index (Phi) is 3.76. The van der Waals surface area contributed by atoms with Gasteiger partial charge < -0.3 is 9.84 Å². The van der Waals surface area contributed by atoms with Crippen LogP contribution in [0.3, 0.4) is 0 Å². The number of phenols is 1. The third kappa shape index (κ3) is 2.82. The third-order valence-electron chi connectivity index (χ3n) is 5.54. The molecule has 0 aliphatic carbocycles. The Morgan fingerprint density at radius 3 is 2.61 bits per heavy atom. The molecule has 0 saturated heterocycles. The van der Waals surface area contributed by atoms with E-state index in [0.717, 1.165) is 22.3 Å². The van der Waals surface area contributed by atoms with E-state index in [1.165, 1.54) is 5.56 Å². The number of hydrogen-bond donors (Lipinski definition) is 1. The first-order valence-corrected chi connectivity index (χ1v) is 9.90. The molecular formula is C24H17N5O2. The second-order valence-corrected chi connectivity index (χ2v) is 7.57. The van der Waals surface area contributed by atoms with Crippen molar-refractivity contribution in [3.8, 4) is 28.8 Å². The highest BCUT2D eigenvalue weighted by Gasteiger charge is 2.33. The van der Waals surface area contributed by atoms with Crippen LogP contribution in [0.4, 0.5) is 0 Å². The zero-order valence-electron chi connectivity index (χ0n) is 16.6. The molecule has 0 radical (unpaired) electrons. The average molecular weight is 407 g/mol. The lowest BCUT2D eigenvalue weighted by atomic mass is 9.83. The number of fused-ring (bicyclic) bond motifs is 4. The largest absolute Gasteiger partial charge is 0.508 e. The molecule has 31 heavy (non-hydrogen) atoms. The van der Waals surface area contributed by atoms with E-state index in [1.807, 2.05) is 18.2 Å². The number of hydrogen-bond acceptors (Lipinski definition) is 6. The van der Waals surface area contributed by atoms with Gasteiger partial charge in [0, 0.05) is 35.5 Å². The van der Waals surface area contributed by atoms with E-state index >= 15 is 0 Å².